The second-order valence-corrected chi connectivity index (χ2v) is 6.03. The molecule has 0 aliphatic carbocycles. The summed E-state index contributed by atoms with van der Waals surface area (Å²) in [6, 6.07) is 8.59. The van der Waals surface area contributed by atoms with Crippen molar-refractivity contribution in [3.63, 3.8) is 0 Å². The second kappa shape index (κ2) is 12.8. The fraction of sp³-hybridized carbons (Fsp3) is 0.684. The number of rotatable bonds is 13. The van der Waals surface area contributed by atoms with Crippen molar-refractivity contribution in [3.8, 4) is 0 Å². The van der Waals surface area contributed by atoms with Gasteiger partial charge in [-0.05, 0) is 24.1 Å². The van der Waals surface area contributed by atoms with E-state index in [4.69, 9.17) is 5.73 Å². The predicted molar refractivity (Wildman–Crippen MR) is 93.3 cm³/mol. The van der Waals surface area contributed by atoms with Gasteiger partial charge in [0.25, 0.3) is 0 Å². The highest BCUT2D eigenvalue weighted by Gasteiger charge is 1.95. The summed E-state index contributed by atoms with van der Waals surface area (Å²) < 4.78 is 0. The van der Waals surface area contributed by atoms with E-state index < -0.39 is 0 Å². The molecule has 0 bridgehead atoms. The van der Waals surface area contributed by atoms with Gasteiger partial charge in [0.05, 0.1) is 0 Å². The number of benzene rings is 1. The molecular formula is C19H34N2. The lowest BCUT2D eigenvalue weighted by atomic mass is 10.1. The van der Waals surface area contributed by atoms with Gasteiger partial charge < -0.3 is 11.1 Å². The Morgan fingerprint density at radius 3 is 1.86 bits per heavy atom. The van der Waals surface area contributed by atoms with Gasteiger partial charge in [0.15, 0.2) is 0 Å². The molecule has 21 heavy (non-hydrogen) atoms. The van der Waals surface area contributed by atoms with Crippen LogP contribution in [0.5, 0.6) is 0 Å². The summed E-state index contributed by atoms with van der Waals surface area (Å²) in [5.41, 5.74) is 8.15. The largest absolute Gasteiger partial charge is 0.326 e. The van der Waals surface area contributed by atoms with E-state index in [1.165, 1.54) is 68.9 Å². The Bertz CT molecular complexity index is 332. The lowest BCUT2D eigenvalue weighted by Gasteiger charge is -2.06. The average Bonchev–Trinajstić information content (AvgIpc) is 2.53. The van der Waals surface area contributed by atoms with Crippen LogP contribution < -0.4 is 11.1 Å². The van der Waals surface area contributed by atoms with Gasteiger partial charge in [-0.3, -0.25) is 0 Å². The molecule has 0 atom stereocenters. The molecule has 0 saturated carbocycles. The zero-order chi connectivity index (χ0) is 15.2. The number of nitrogens with one attached hydrogen (secondary N) is 1. The molecule has 0 aliphatic heterocycles. The van der Waals surface area contributed by atoms with Crippen LogP contribution in [-0.4, -0.2) is 6.54 Å². The van der Waals surface area contributed by atoms with Crippen molar-refractivity contribution in [2.75, 3.05) is 6.54 Å². The van der Waals surface area contributed by atoms with Crippen LogP contribution >= 0.6 is 0 Å². The third-order valence-corrected chi connectivity index (χ3v) is 4.04. The highest BCUT2D eigenvalue weighted by atomic mass is 14.8. The molecule has 2 heteroatoms. The quantitative estimate of drug-likeness (QED) is 0.514. The average molecular weight is 290 g/mol. The molecule has 2 nitrogen and oxygen atoms in total. The number of hydrogen-bond acceptors (Lipinski definition) is 2. The van der Waals surface area contributed by atoms with E-state index in [1.54, 1.807) is 0 Å². The lowest BCUT2D eigenvalue weighted by Crippen LogP contribution is -2.14. The summed E-state index contributed by atoms with van der Waals surface area (Å²) in [7, 11) is 0. The molecular weight excluding hydrogens is 256 g/mol. The van der Waals surface area contributed by atoms with Crippen LogP contribution in [0.2, 0.25) is 0 Å². The molecule has 3 N–H and O–H groups in total. The topological polar surface area (TPSA) is 38.0 Å². The molecule has 0 aliphatic rings. The van der Waals surface area contributed by atoms with E-state index in [0.29, 0.717) is 6.54 Å². The van der Waals surface area contributed by atoms with E-state index in [2.05, 4.69) is 36.5 Å². The van der Waals surface area contributed by atoms with E-state index in [1.807, 2.05) is 0 Å². The van der Waals surface area contributed by atoms with Crippen LogP contribution in [-0.2, 0) is 13.1 Å². The molecule has 1 aromatic carbocycles. The molecule has 0 amide bonds. The summed E-state index contributed by atoms with van der Waals surface area (Å²) in [5, 5.41) is 3.53. The highest BCUT2D eigenvalue weighted by molar-refractivity contribution is 5.22. The Hall–Kier alpha value is -0.860. The van der Waals surface area contributed by atoms with Gasteiger partial charge in [-0.15, -0.1) is 0 Å². The Morgan fingerprint density at radius 2 is 1.29 bits per heavy atom. The lowest BCUT2D eigenvalue weighted by molar-refractivity contribution is 0.549. The maximum atomic E-state index is 5.60. The van der Waals surface area contributed by atoms with Crippen LogP contribution in [0.3, 0.4) is 0 Å². The molecule has 0 radical (unpaired) electrons. The van der Waals surface area contributed by atoms with Crippen LogP contribution in [0, 0.1) is 0 Å². The number of hydrogen-bond donors (Lipinski definition) is 2. The monoisotopic (exact) mass is 290 g/mol. The Labute approximate surface area is 131 Å². The third-order valence-electron chi connectivity index (χ3n) is 4.04. The normalized spacial score (nSPS) is 11.0. The van der Waals surface area contributed by atoms with Crippen LogP contribution in [0.1, 0.15) is 75.8 Å². The second-order valence-electron chi connectivity index (χ2n) is 6.03. The van der Waals surface area contributed by atoms with Crippen LogP contribution in [0.15, 0.2) is 24.3 Å². The summed E-state index contributed by atoms with van der Waals surface area (Å²) in [5.74, 6) is 0. The molecule has 120 valence electrons. The summed E-state index contributed by atoms with van der Waals surface area (Å²) in [6.07, 6.45) is 12.6. The van der Waals surface area contributed by atoms with Crippen molar-refractivity contribution in [1.29, 1.82) is 0 Å². The molecule has 0 unspecified atom stereocenters. The Balaban J connectivity index is 1.88. The molecule has 0 heterocycles. The van der Waals surface area contributed by atoms with Crippen molar-refractivity contribution in [1.82, 2.24) is 5.32 Å². The van der Waals surface area contributed by atoms with Gasteiger partial charge in [-0.2, -0.15) is 0 Å². The Morgan fingerprint density at radius 1 is 0.762 bits per heavy atom. The standard InChI is InChI=1S/C19H34N2/c1-2-3-4-5-6-7-8-9-10-15-21-17-19-13-11-18(16-20)12-14-19/h11-14,21H,2-10,15-17,20H2,1H3. The van der Waals surface area contributed by atoms with Crippen LogP contribution in [0.4, 0.5) is 0 Å². The number of nitrogens with two attached hydrogens (primary N) is 1. The first-order valence-corrected chi connectivity index (χ1v) is 8.85. The molecule has 0 saturated heterocycles. The smallest absolute Gasteiger partial charge is 0.0205 e. The summed E-state index contributed by atoms with van der Waals surface area (Å²) in [4.78, 5) is 0. The Kier molecular flexibility index (Phi) is 11.1. The maximum Gasteiger partial charge on any atom is 0.0205 e. The van der Waals surface area contributed by atoms with Crippen molar-refractivity contribution in [2.45, 2.75) is 77.8 Å². The summed E-state index contributed by atoms with van der Waals surface area (Å²) >= 11 is 0. The number of unbranched alkanes of at least 4 members (excludes halogenated alkanes) is 8. The fourth-order valence-electron chi connectivity index (χ4n) is 2.59. The summed E-state index contributed by atoms with van der Waals surface area (Å²) in [6.45, 7) is 5.02. The van der Waals surface area contributed by atoms with Crippen LogP contribution in [0.25, 0.3) is 0 Å². The minimum atomic E-state index is 0.631. The minimum absolute atomic E-state index is 0.631. The van der Waals surface area contributed by atoms with Gasteiger partial charge in [-0.25, -0.2) is 0 Å². The zero-order valence-corrected chi connectivity index (χ0v) is 13.9. The van der Waals surface area contributed by atoms with Gasteiger partial charge in [0.2, 0.25) is 0 Å². The van der Waals surface area contributed by atoms with Gasteiger partial charge in [0.1, 0.15) is 0 Å². The van der Waals surface area contributed by atoms with Crippen molar-refractivity contribution < 1.29 is 0 Å². The van der Waals surface area contributed by atoms with E-state index in [9.17, 15) is 0 Å². The van der Waals surface area contributed by atoms with Gasteiger partial charge in [-0.1, -0.05) is 82.6 Å². The molecule has 1 rings (SSSR count). The van der Waals surface area contributed by atoms with E-state index in [0.717, 1.165) is 13.1 Å². The molecule has 0 aromatic heterocycles. The third kappa shape index (κ3) is 9.65. The van der Waals surface area contributed by atoms with Gasteiger partial charge >= 0.3 is 0 Å². The first-order chi connectivity index (χ1) is 10.4. The first kappa shape index (κ1) is 18.2. The minimum Gasteiger partial charge on any atom is -0.326 e. The fourth-order valence-corrected chi connectivity index (χ4v) is 2.59. The van der Waals surface area contributed by atoms with Crippen molar-refractivity contribution in [3.05, 3.63) is 35.4 Å². The highest BCUT2D eigenvalue weighted by Crippen LogP contribution is 2.09. The molecule has 0 spiro atoms. The van der Waals surface area contributed by atoms with E-state index in [-0.39, 0.29) is 0 Å². The maximum absolute atomic E-state index is 5.60. The van der Waals surface area contributed by atoms with Crippen molar-refractivity contribution in [2.24, 2.45) is 5.73 Å². The SMILES string of the molecule is CCCCCCCCCCCNCc1ccc(CN)cc1. The molecule has 1 aromatic rings. The van der Waals surface area contributed by atoms with E-state index >= 15 is 0 Å². The van der Waals surface area contributed by atoms with Gasteiger partial charge in [0, 0.05) is 13.1 Å². The van der Waals surface area contributed by atoms with Crippen molar-refractivity contribution >= 4 is 0 Å². The predicted octanol–water partition coefficient (Wildman–Crippen LogP) is 4.77. The molecule has 0 fully saturated rings. The zero-order valence-electron chi connectivity index (χ0n) is 13.9. The first-order valence-electron chi connectivity index (χ1n) is 8.85.